The van der Waals surface area contributed by atoms with E-state index in [2.05, 4.69) is 38.8 Å². The molecule has 3 rings (SSSR count). The van der Waals surface area contributed by atoms with E-state index >= 15 is 0 Å². The van der Waals surface area contributed by atoms with Crippen LogP contribution in [-0.2, 0) is 10.0 Å². The highest BCUT2D eigenvalue weighted by molar-refractivity contribution is 7.89. The summed E-state index contributed by atoms with van der Waals surface area (Å²) in [5.74, 6) is 0. The maximum absolute atomic E-state index is 12.7. The Labute approximate surface area is 163 Å². The summed E-state index contributed by atoms with van der Waals surface area (Å²) in [5, 5.41) is 0. The molecular weight excluding hydrogens is 358 g/mol. The SMILES string of the molecule is Cc1cccc(S(=O)(=O)NC[C@@H](c2ccc(N(C)C)cc2)N2CCCC2)c1. The van der Waals surface area contributed by atoms with Crippen LogP contribution >= 0.6 is 0 Å². The van der Waals surface area contributed by atoms with Crippen molar-refractivity contribution < 1.29 is 8.42 Å². The summed E-state index contributed by atoms with van der Waals surface area (Å²) in [5.41, 5.74) is 3.22. The Morgan fingerprint density at radius 1 is 1.07 bits per heavy atom. The molecule has 0 amide bonds. The highest BCUT2D eigenvalue weighted by Gasteiger charge is 2.25. The Morgan fingerprint density at radius 2 is 1.74 bits per heavy atom. The normalized spacial score (nSPS) is 16.4. The third-order valence-corrected chi connectivity index (χ3v) is 6.56. The third kappa shape index (κ3) is 4.89. The molecule has 0 aromatic heterocycles. The van der Waals surface area contributed by atoms with Crippen molar-refractivity contribution in [2.24, 2.45) is 0 Å². The maximum atomic E-state index is 12.7. The molecule has 1 atom stereocenters. The van der Waals surface area contributed by atoms with Crippen molar-refractivity contribution in [2.45, 2.75) is 30.7 Å². The molecule has 0 spiro atoms. The fourth-order valence-electron chi connectivity index (χ4n) is 3.56. The van der Waals surface area contributed by atoms with Gasteiger partial charge in [0, 0.05) is 32.4 Å². The molecule has 1 saturated heterocycles. The molecule has 1 heterocycles. The maximum Gasteiger partial charge on any atom is 0.240 e. The molecule has 1 fully saturated rings. The van der Waals surface area contributed by atoms with Crippen molar-refractivity contribution in [3.63, 3.8) is 0 Å². The second kappa shape index (κ2) is 8.42. The van der Waals surface area contributed by atoms with Gasteiger partial charge in [-0.3, -0.25) is 4.90 Å². The van der Waals surface area contributed by atoms with Crippen LogP contribution < -0.4 is 9.62 Å². The summed E-state index contributed by atoms with van der Waals surface area (Å²) in [6, 6.07) is 15.5. The molecule has 0 radical (unpaired) electrons. The molecule has 1 aliphatic rings. The summed E-state index contributed by atoms with van der Waals surface area (Å²) >= 11 is 0. The van der Waals surface area contributed by atoms with Gasteiger partial charge in [-0.2, -0.15) is 0 Å². The minimum absolute atomic E-state index is 0.0447. The molecule has 5 nitrogen and oxygen atoms in total. The van der Waals surface area contributed by atoms with Crippen LogP contribution in [0.4, 0.5) is 5.69 Å². The number of hydrogen-bond acceptors (Lipinski definition) is 4. The van der Waals surface area contributed by atoms with Crippen molar-refractivity contribution in [1.29, 1.82) is 0 Å². The van der Waals surface area contributed by atoms with Crippen molar-refractivity contribution >= 4 is 15.7 Å². The molecular formula is C21H29N3O2S. The first-order chi connectivity index (χ1) is 12.9. The fraction of sp³-hybridized carbons (Fsp3) is 0.429. The van der Waals surface area contributed by atoms with Crippen molar-refractivity contribution in [1.82, 2.24) is 9.62 Å². The van der Waals surface area contributed by atoms with Gasteiger partial charge in [0.1, 0.15) is 0 Å². The summed E-state index contributed by atoms with van der Waals surface area (Å²) in [7, 11) is 0.512. The average Bonchev–Trinajstić information content (AvgIpc) is 3.16. The fourth-order valence-corrected chi connectivity index (χ4v) is 4.70. The molecule has 6 heteroatoms. The second-order valence-corrected chi connectivity index (χ2v) is 9.18. The van der Waals surface area contributed by atoms with Crippen molar-refractivity contribution in [2.75, 3.05) is 38.6 Å². The lowest BCUT2D eigenvalue weighted by molar-refractivity contribution is 0.246. The molecule has 2 aromatic rings. The lowest BCUT2D eigenvalue weighted by Crippen LogP contribution is -2.36. The number of sulfonamides is 1. The second-order valence-electron chi connectivity index (χ2n) is 7.41. The lowest BCUT2D eigenvalue weighted by Gasteiger charge is -2.28. The number of benzene rings is 2. The minimum atomic E-state index is -3.52. The van der Waals surface area contributed by atoms with E-state index in [1.807, 2.05) is 27.1 Å². The van der Waals surface area contributed by atoms with Gasteiger partial charge >= 0.3 is 0 Å². The Hall–Kier alpha value is -1.89. The van der Waals surface area contributed by atoms with E-state index in [0.29, 0.717) is 11.4 Å². The number of aryl methyl sites for hydroxylation is 1. The molecule has 27 heavy (non-hydrogen) atoms. The number of hydrogen-bond donors (Lipinski definition) is 1. The van der Waals surface area contributed by atoms with Crippen molar-refractivity contribution in [3.8, 4) is 0 Å². The first-order valence-corrected chi connectivity index (χ1v) is 10.9. The highest BCUT2D eigenvalue weighted by atomic mass is 32.2. The number of anilines is 1. The largest absolute Gasteiger partial charge is 0.378 e. The minimum Gasteiger partial charge on any atom is -0.378 e. The number of nitrogens with zero attached hydrogens (tertiary/aromatic N) is 2. The standard InChI is InChI=1S/C21H29N3O2S/c1-17-7-6-8-20(15-17)27(25,26)22-16-21(24-13-4-5-14-24)18-9-11-19(12-10-18)23(2)3/h6-12,15,21-22H,4-5,13-14,16H2,1-3H3/t21-/m0/s1. The molecule has 0 unspecified atom stereocenters. The summed E-state index contributed by atoms with van der Waals surface area (Å²) in [6.07, 6.45) is 2.33. The quantitative estimate of drug-likeness (QED) is 0.793. The van der Waals surface area contributed by atoms with Gasteiger partial charge in [-0.15, -0.1) is 0 Å². The summed E-state index contributed by atoms with van der Waals surface area (Å²) < 4.78 is 28.3. The van der Waals surface area contributed by atoms with Gasteiger partial charge in [0.15, 0.2) is 0 Å². The molecule has 1 N–H and O–H groups in total. The zero-order chi connectivity index (χ0) is 19.4. The predicted octanol–water partition coefficient (Wildman–Crippen LogP) is 3.18. The first kappa shape index (κ1) is 19.9. The van der Waals surface area contributed by atoms with Gasteiger partial charge in [0.2, 0.25) is 10.0 Å². The summed E-state index contributed by atoms with van der Waals surface area (Å²) in [4.78, 5) is 4.77. The third-order valence-electron chi connectivity index (χ3n) is 5.14. The lowest BCUT2D eigenvalue weighted by atomic mass is 10.1. The Kier molecular flexibility index (Phi) is 6.19. The van der Waals surface area contributed by atoms with Crippen LogP contribution in [0.25, 0.3) is 0 Å². The summed E-state index contributed by atoms with van der Waals surface area (Å²) in [6.45, 7) is 4.29. The van der Waals surface area contributed by atoms with E-state index in [1.54, 1.807) is 18.2 Å². The molecule has 0 aliphatic carbocycles. The van der Waals surface area contributed by atoms with E-state index in [9.17, 15) is 8.42 Å². The van der Waals surface area contributed by atoms with E-state index in [4.69, 9.17) is 0 Å². The van der Waals surface area contributed by atoms with E-state index in [0.717, 1.165) is 42.7 Å². The van der Waals surface area contributed by atoms with E-state index in [1.165, 1.54) is 0 Å². The zero-order valence-corrected chi connectivity index (χ0v) is 17.2. The van der Waals surface area contributed by atoms with E-state index < -0.39 is 10.0 Å². The Balaban J connectivity index is 1.79. The van der Waals surface area contributed by atoms with E-state index in [-0.39, 0.29) is 6.04 Å². The van der Waals surface area contributed by atoms with Gasteiger partial charge in [-0.1, -0.05) is 24.3 Å². The predicted molar refractivity (Wildman–Crippen MR) is 111 cm³/mol. The van der Waals surface area contributed by atoms with Gasteiger partial charge in [-0.05, 0) is 68.2 Å². The molecule has 0 bridgehead atoms. The van der Waals surface area contributed by atoms with Crippen LogP contribution in [0.3, 0.4) is 0 Å². The smallest absolute Gasteiger partial charge is 0.240 e. The molecule has 0 saturated carbocycles. The Morgan fingerprint density at radius 3 is 2.33 bits per heavy atom. The Bertz CT molecular complexity index is 857. The van der Waals surface area contributed by atoms with Gasteiger partial charge in [0.05, 0.1) is 4.90 Å². The highest BCUT2D eigenvalue weighted by Crippen LogP contribution is 2.27. The van der Waals surface area contributed by atoms with Crippen LogP contribution in [0.2, 0.25) is 0 Å². The van der Waals surface area contributed by atoms with Gasteiger partial charge in [0.25, 0.3) is 0 Å². The van der Waals surface area contributed by atoms with Crippen LogP contribution in [0.1, 0.15) is 30.0 Å². The number of nitrogens with one attached hydrogen (secondary N) is 1. The topological polar surface area (TPSA) is 52.7 Å². The van der Waals surface area contributed by atoms with Crippen LogP contribution in [0.5, 0.6) is 0 Å². The number of rotatable bonds is 7. The number of likely N-dealkylation sites (tertiary alicyclic amines) is 1. The molecule has 1 aliphatic heterocycles. The monoisotopic (exact) mass is 387 g/mol. The van der Waals surface area contributed by atoms with Crippen LogP contribution in [0, 0.1) is 6.92 Å². The van der Waals surface area contributed by atoms with Gasteiger partial charge in [-0.25, -0.2) is 13.1 Å². The average molecular weight is 388 g/mol. The molecule has 2 aromatic carbocycles. The van der Waals surface area contributed by atoms with Crippen LogP contribution in [0.15, 0.2) is 53.4 Å². The molecule has 146 valence electrons. The van der Waals surface area contributed by atoms with Crippen molar-refractivity contribution in [3.05, 3.63) is 59.7 Å². The first-order valence-electron chi connectivity index (χ1n) is 9.44. The zero-order valence-electron chi connectivity index (χ0n) is 16.4. The van der Waals surface area contributed by atoms with Gasteiger partial charge < -0.3 is 4.90 Å². The van der Waals surface area contributed by atoms with Crippen LogP contribution in [-0.4, -0.2) is 47.0 Å².